The van der Waals surface area contributed by atoms with Crippen molar-refractivity contribution in [3.8, 4) is 0 Å². The van der Waals surface area contributed by atoms with E-state index in [1.54, 1.807) is 6.08 Å². The van der Waals surface area contributed by atoms with Crippen LogP contribution in [-0.4, -0.2) is 100 Å². The van der Waals surface area contributed by atoms with Gasteiger partial charge in [0.1, 0.15) is 24.4 Å². The van der Waals surface area contributed by atoms with Crippen molar-refractivity contribution in [1.29, 1.82) is 0 Å². The minimum Gasteiger partial charge on any atom is -0.466 e. The summed E-state index contributed by atoms with van der Waals surface area (Å²) in [7, 11) is 0. The van der Waals surface area contributed by atoms with Gasteiger partial charge in [0.2, 0.25) is 5.91 Å². The fourth-order valence-corrected chi connectivity index (χ4v) is 8.40. The van der Waals surface area contributed by atoms with E-state index in [-0.39, 0.29) is 18.5 Å². The molecule has 6 N–H and O–H groups in total. The third kappa shape index (κ3) is 36.5. The molecule has 1 aliphatic rings. The van der Waals surface area contributed by atoms with Crippen LogP contribution < -0.4 is 5.32 Å². The molecule has 7 unspecified atom stereocenters. The summed E-state index contributed by atoms with van der Waals surface area (Å²) in [6.45, 7) is 4.19. The quantitative estimate of drug-likeness (QED) is 0.0196. The fraction of sp³-hybridized carbons (Fsp3) is 0.825. The number of ether oxygens (including phenoxy) is 3. The average molecular weight is 962 g/mol. The normalized spacial score (nSPS) is 19.8. The molecule has 11 nitrogen and oxygen atoms in total. The number of unbranched alkanes of at least 4 members (excludes halogenated alkanes) is 27. The molecule has 1 amide bonds. The van der Waals surface area contributed by atoms with Crippen LogP contribution in [0.1, 0.15) is 239 Å². The maximum Gasteiger partial charge on any atom is 0.305 e. The predicted octanol–water partition coefficient (Wildman–Crippen LogP) is 12.1. The molecular formula is C57H103NO10. The lowest BCUT2D eigenvalue weighted by atomic mass is 9.99. The first-order valence-corrected chi connectivity index (χ1v) is 27.9. The van der Waals surface area contributed by atoms with Crippen LogP contribution in [0.2, 0.25) is 0 Å². The second-order valence-electron chi connectivity index (χ2n) is 19.3. The summed E-state index contributed by atoms with van der Waals surface area (Å²) in [5.41, 5.74) is 0. The first-order valence-electron chi connectivity index (χ1n) is 27.9. The largest absolute Gasteiger partial charge is 0.466 e. The molecule has 1 rings (SSSR count). The standard InChI is InChI=1S/C57H103NO10/c1-3-5-7-9-11-13-14-15-16-17-18-19-20-21-25-29-33-37-41-45-53(62)66-46-42-38-34-30-26-23-22-24-28-32-36-40-44-52(61)58-49(50(60)43-39-35-31-27-12-10-8-6-4-2)48-67-57-56(65)55(64)54(63)51(47-59)68-57/h11,13,15-16,23,26,39,43,49-51,54-57,59-60,63-65H,3-10,12,14,17-22,24-25,27-38,40-42,44-48H2,1-2H3,(H,58,61)/b13-11-,16-15-,26-23-,43-39+. The summed E-state index contributed by atoms with van der Waals surface area (Å²) in [6.07, 6.45) is 47.7. The molecule has 11 heteroatoms. The van der Waals surface area contributed by atoms with E-state index in [1.807, 2.05) is 6.08 Å². The van der Waals surface area contributed by atoms with Gasteiger partial charge in [-0.3, -0.25) is 9.59 Å². The Hall–Kier alpha value is -2.38. The molecular weight excluding hydrogens is 859 g/mol. The van der Waals surface area contributed by atoms with Crippen molar-refractivity contribution in [3.05, 3.63) is 48.6 Å². The maximum absolute atomic E-state index is 13.0. The zero-order valence-corrected chi connectivity index (χ0v) is 43.3. The fourth-order valence-electron chi connectivity index (χ4n) is 8.40. The van der Waals surface area contributed by atoms with E-state index >= 15 is 0 Å². The lowest BCUT2D eigenvalue weighted by Crippen LogP contribution is -2.60. The zero-order chi connectivity index (χ0) is 49.6. The SMILES string of the molecule is CCCCC/C=C\C/C=C\CCCCCCCCCCCC(=O)OCCCCC/C=C\CCCCCCCC(=O)NC(COC1OC(CO)C(O)C(O)C1O)C(O)/C=C/CCCCCCCCC. The van der Waals surface area contributed by atoms with Gasteiger partial charge in [-0.15, -0.1) is 0 Å². The molecule has 1 aliphatic heterocycles. The van der Waals surface area contributed by atoms with Gasteiger partial charge in [-0.05, 0) is 96.3 Å². The summed E-state index contributed by atoms with van der Waals surface area (Å²) < 4.78 is 16.6. The minimum atomic E-state index is -1.58. The molecule has 0 radical (unpaired) electrons. The van der Waals surface area contributed by atoms with E-state index in [2.05, 4.69) is 55.6 Å². The number of allylic oxidation sites excluding steroid dienone is 7. The van der Waals surface area contributed by atoms with Crippen LogP contribution in [-0.2, 0) is 23.8 Å². The van der Waals surface area contributed by atoms with Gasteiger partial charge in [-0.2, -0.15) is 0 Å². The van der Waals surface area contributed by atoms with Crippen molar-refractivity contribution in [1.82, 2.24) is 5.32 Å². The van der Waals surface area contributed by atoms with Gasteiger partial charge in [0.15, 0.2) is 6.29 Å². The molecule has 7 atom stereocenters. The monoisotopic (exact) mass is 962 g/mol. The van der Waals surface area contributed by atoms with Gasteiger partial charge in [0, 0.05) is 12.8 Å². The molecule has 396 valence electrons. The number of aliphatic hydroxyl groups is 5. The number of nitrogens with one attached hydrogen (secondary N) is 1. The highest BCUT2D eigenvalue weighted by Crippen LogP contribution is 2.23. The van der Waals surface area contributed by atoms with E-state index in [0.29, 0.717) is 19.4 Å². The molecule has 0 spiro atoms. The molecule has 1 heterocycles. The van der Waals surface area contributed by atoms with Crippen LogP contribution in [0, 0.1) is 0 Å². The zero-order valence-electron chi connectivity index (χ0n) is 43.3. The highest BCUT2D eigenvalue weighted by Gasteiger charge is 2.44. The summed E-state index contributed by atoms with van der Waals surface area (Å²) in [5.74, 6) is -0.263. The Morgan fingerprint density at radius 2 is 0.985 bits per heavy atom. The van der Waals surface area contributed by atoms with E-state index in [1.165, 1.54) is 109 Å². The lowest BCUT2D eigenvalue weighted by Gasteiger charge is -2.40. The Morgan fingerprint density at radius 3 is 1.53 bits per heavy atom. The van der Waals surface area contributed by atoms with Crippen LogP contribution in [0.15, 0.2) is 48.6 Å². The Balaban J connectivity index is 2.09. The molecule has 0 saturated carbocycles. The van der Waals surface area contributed by atoms with E-state index in [4.69, 9.17) is 14.2 Å². The van der Waals surface area contributed by atoms with E-state index in [9.17, 15) is 35.1 Å². The first-order chi connectivity index (χ1) is 33.2. The van der Waals surface area contributed by atoms with Crippen molar-refractivity contribution < 1.29 is 49.3 Å². The van der Waals surface area contributed by atoms with Gasteiger partial charge in [0.25, 0.3) is 0 Å². The smallest absolute Gasteiger partial charge is 0.305 e. The number of amides is 1. The van der Waals surface area contributed by atoms with Crippen LogP contribution in [0.3, 0.4) is 0 Å². The highest BCUT2D eigenvalue weighted by atomic mass is 16.7. The van der Waals surface area contributed by atoms with Crippen LogP contribution in [0.25, 0.3) is 0 Å². The summed E-state index contributed by atoms with van der Waals surface area (Å²) in [6, 6.07) is -0.828. The first kappa shape index (κ1) is 63.6. The number of aliphatic hydroxyl groups excluding tert-OH is 5. The molecule has 0 aromatic heterocycles. The van der Waals surface area contributed by atoms with Crippen molar-refractivity contribution in [3.63, 3.8) is 0 Å². The van der Waals surface area contributed by atoms with Crippen LogP contribution in [0.5, 0.6) is 0 Å². The predicted molar refractivity (Wildman–Crippen MR) is 278 cm³/mol. The topological polar surface area (TPSA) is 175 Å². The Labute approximate surface area is 415 Å². The average Bonchev–Trinajstić information content (AvgIpc) is 3.33. The van der Waals surface area contributed by atoms with Gasteiger partial charge in [-0.1, -0.05) is 178 Å². The Bertz CT molecular complexity index is 1270. The van der Waals surface area contributed by atoms with E-state index in [0.717, 1.165) is 103 Å². The van der Waals surface area contributed by atoms with Crippen molar-refractivity contribution >= 4 is 11.9 Å². The third-order valence-electron chi connectivity index (χ3n) is 12.9. The molecule has 0 aliphatic carbocycles. The minimum absolute atomic E-state index is 0.0516. The second kappa shape index (κ2) is 47.0. The Morgan fingerprint density at radius 1 is 0.544 bits per heavy atom. The Kier molecular flexibility index (Phi) is 44.0. The molecule has 0 aromatic carbocycles. The van der Waals surface area contributed by atoms with Crippen molar-refractivity contribution in [2.24, 2.45) is 0 Å². The summed E-state index contributed by atoms with van der Waals surface area (Å²) in [4.78, 5) is 25.1. The third-order valence-corrected chi connectivity index (χ3v) is 12.9. The highest BCUT2D eigenvalue weighted by molar-refractivity contribution is 5.76. The molecule has 1 fully saturated rings. The van der Waals surface area contributed by atoms with Crippen molar-refractivity contribution in [2.45, 2.75) is 281 Å². The number of carbonyl (C=O) groups is 2. The van der Waals surface area contributed by atoms with Crippen LogP contribution in [0.4, 0.5) is 0 Å². The lowest BCUT2D eigenvalue weighted by molar-refractivity contribution is -0.302. The number of hydrogen-bond acceptors (Lipinski definition) is 10. The molecule has 0 aromatic rings. The maximum atomic E-state index is 13.0. The van der Waals surface area contributed by atoms with E-state index < -0.39 is 49.5 Å². The van der Waals surface area contributed by atoms with Gasteiger partial charge < -0.3 is 45.1 Å². The number of hydrogen-bond donors (Lipinski definition) is 6. The van der Waals surface area contributed by atoms with Gasteiger partial charge >= 0.3 is 5.97 Å². The number of esters is 1. The number of carbonyl (C=O) groups excluding carboxylic acids is 2. The number of rotatable bonds is 47. The molecule has 1 saturated heterocycles. The summed E-state index contributed by atoms with van der Waals surface area (Å²) >= 11 is 0. The summed E-state index contributed by atoms with van der Waals surface area (Å²) in [5, 5.41) is 54.1. The van der Waals surface area contributed by atoms with Gasteiger partial charge in [-0.25, -0.2) is 0 Å². The van der Waals surface area contributed by atoms with Crippen molar-refractivity contribution in [2.75, 3.05) is 19.8 Å². The molecule has 68 heavy (non-hydrogen) atoms. The van der Waals surface area contributed by atoms with Gasteiger partial charge in [0.05, 0.1) is 32.0 Å². The molecule has 0 bridgehead atoms. The van der Waals surface area contributed by atoms with Crippen LogP contribution >= 0.6 is 0 Å². The second-order valence-corrected chi connectivity index (χ2v) is 19.3.